The minimum absolute atomic E-state index is 0.0707. The fourth-order valence-corrected chi connectivity index (χ4v) is 4.25. The molecule has 0 bridgehead atoms. The Bertz CT molecular complexity index is 913. The van der Waals surface area contributed by atoms with Gasteiger partial charge in [-0.1, -0.05) is 13.8 Å². The average Bonchev–Trinajstić information content (AvgIpc) is 3.37. The fraction of sp³-hybridized carbons (Fsp3) is 0.760. The second-order valence-electron chi connectivity index (χ2n) is 10.4. The summed E-state index contributed by atoms with van der Waals surface area (Å²) in [6.07, 6.45) is -0.458. The number of rotatable bonds is 17. The van der Waals surface area contributed by atoms with Crippen molar-refractivity contribution in [2.75, 3.05) is 13.1 Å². The predicted molar refractivity (Wildman–Crippen MR) is 142 cm³/mol. The quantitative estimate of drug-likeness (QED) is 0.0874. The summed E-state index contributed by atoms with van der Waals surface area (Å²) in [5, 5.41) is 35.8. The summed E-state index contributed by atoms with van der Waals surface area (Å²) in [6.45, 7) is 5.42. The van der Waals surface area contributed by atoms with E-state index in [0.717, 1.165) is 0 Å². The number of hydrogen-bond acceptors (Lipinski definition) is 9. The van der Waals surface area contributed by atoms with Gasteiger partial charge >= 0.3 is 11.9 Å². The first-order chi connectivity index (χ1) is 18.7. The highest BCUT2D eigenvalue weighted by atomic mass is 16.4. The highest BCUT2D eigenvalue weighted by Crippen LogP contribution is 2.20. The number of amides is 4. The van der Waals surface area contributed by atoms with Crippen LogP contribution in [0.25, 0.3) is 0 Å². The molecule has 0 aromatic rings. The van der Waals surface area contributed by atoms with Crippen molar-refractivity contribution < 1.29 is 44.1 Å². The van der Waals surface area contributed by atoms with E-state index in [4.69, 9.17) is 16.6 Å². The maximum absolute atomic E-state index is 13.1. The number of likely N-dealkylation sites (tertiary alicyclic amines) is 1. The SMILES string of the molecule is CC(C)[C@H](N)C(=O)N1CCC[C@H]1C(=O)N[C@H](C(=O)N[C@@H](CCC(=O)O)C(=O)N[C@@H](CCCCN)C(=O)O)[C@@H](C)O. The zero-order valence-electron chi connectivity index (χ0n) is 23.3. The summed E-state index contributed by atoms with van der Waals surface area (Å²) in [7, 11) is 0. The van der Waals surface area contributed by atoms with Crippen molar-refractivity contribution in [3.63, 3.8) is 0 Å². The first kappa shape index (κ1) is 34.7. The number of nitrogens with two attached hydrogens (primary N) is 2. The van der Waals surface area contributed by atoms with E-state index in [2.05, 4.69) is 16.0 Å². The van der Waals surface area contributed by atoms with Crippen LogP contribution in [-0.4, -0.2) is 105 Å². The number of carbonyl (C=O) groups excluding carboxylic acids is 4. The standard InChI is InChI=1S/C25H44N6O9/c1-13(2)19(27)24(38)31-12-6-8-17(31)22(36)30-20(14(3)32)23(37)28-15(9-10-18(33)34)21(35)29-16(25(39)40)7-4-5-11-26/h13-17,19-20,32H,4-12,26-27H2,1-3H3,(H,28,37)(H,29,35)(H,30,36)(H,33,34)(H,39,40)/t14-,15+,16+,17+,19+,20+/m1/s1. The van der Waals surface area contributed by atoms with Crippen LogP contribution >= 0.6 is 0 Å². The largest absolute Gasteiger partial charge is 0.481 e. The molecule has 15 heteroatoms. The van der Waals surface area contributed by atoms with E-state index in [0.29, 0.717) is 38.8 Å². The number of unbranched alkanes of at least 4 members (excludes halogenated alkanes) is 1. The van der Waals surface area contributed by atoms with E-state index in [1.54, 1.807) is 13.8 Å². The number of aliphatic hydroxyl groups excluding tert-OH is 1. The van der Waals surface area contributed by atoms with Gasteiger partial charge in [0.2, 0.25) is 23.6 Å². The van der Waals surface area contributed by atoms with Gasteiger partial charge in [-0.2, -0.15) is 0 Å². The Hall–Kier alpha value is -3.30. The van der Waals surface area contributed by atoms with Crippen LogP contribution in [-0.2, 0) is 28.8 Å². The second-order valence-corrected chi connectivity index (χ2v) is 10.4. The molecule has 0 spiro atoms. The molecule has 1 rings (SSSR count). The minimum Gasteiger partial charge on any atom is -0.481 e. The molecule has 1 fully saturated rings. The van der Waals surface area contributed by atoms with Crippen LogP contribution in [0.5, 0.6) is 0 Å². The van der Waals surface area contributed by atoms with Gasteiger partial charge < -0.3 is 47.6 Å². The van der Waals surface area contributed by atoms with E-state index >= 15 is 0 Å². The van der Waals surface area contributed by atoms with Gasteiger partial charge in [0.05, 0.1) is 12.1 Å². The van der Waals surface area contributed by atoms with Crippen molar-refractivity contribution >= 4 is 35.6 Å². The van der Waals surface area contributed by atoms with Crippen molar-refractivity contribution in [2.24, 2.45) is 17.4 Å². The van der Waals surface area contributed by atoms with E-state index in [-0.39, 0.29) is 18.8 Å². The molecule has 0 unspecified atom stereocenters. The topological polar surface area (TPSA) is 254 Å². The van der Waals surface area contributed by atoms with Crippen LogP contribution in [0.2, 0.25) is 0 Å². The maximum Gasteiger partial charge on any atom is 0.326 e. The Balaban J connectivity index is 3.02. The first-order valence-corrected chi connectivity index (χ1v) is 13.5. The van der Waals surface area contributed by atoms with Crippen LogP contribution in [0.1, 0.15) is 65.7 Å². The number of nitrogens with one attached hydrogen (secondary N) is 3. The molecule has 0 aromatic heterocycles. The summed E-state index contributed by atoms with van der Waals surface area (Å²) in [4.78, 5) is 75.9. The predicted octanol–water partition coefficient (Wildman–Crippen LogP) is -2.13. The third-order valence-electron chi connectivity index (χ3n) is 6.75. The molecule has 4 amide bonds. The Labute approximate surface area is 233 Å². The third-order valence-corrected chi connectivity index (χ3v) is 6.75. The van der Waals surface area contributed by atoms with E-state index in [1.165, 1.54) is 11.8 Å². The maximum atomic E-state index is 13.1. The van der Waals surface area contributed by atoms with Crippen LogP contribution in [0.15, 0.2) is 0 Å². The molecule has 0 aromatic carbocycles. The molecule has 15 nitrogen and oxygen atoms in total. The number of aliphatic hydroxyl groups is 1. The second kappa shape index (κ2) is 16.7. The van der Waals surface area contributed by atoms with Gasteiger partial charge in [0.1, 0.15) is 24.2 Å². The Kier molecular flexibility index (Phi) is 14.5. The van der Waals surface area contributed by atoms with Crippen LogP contribution < -0.4 is 27.4 Å². The zero-order chi connectivity index (χ0) is 30.6. The molecule has 0 saturated carbocycles. The molecule has 1 saturated heterocycles. The van der Waals surface area contributed by atoms with Crippen LogP contribution in [0, 0.1) is 5.92 Å². The third kappa shape index (κ3) is 10.7. The molecule has 1 aliphatic heterocycles. The van der Waals surface area contributed by atoms with Crippen molar-refractivity contribution in [2.45, 2.75) is 102 Å². The Morgan fingerprint density at radius 1 is 0.925 bits per heavy atom. The number of carboxylic acid groups (broad SMARTS) is 2. The molecular weight excluding hydrogens is 528 g/mol. The summed E-state index contributed by atoms with van der Waals surface area (Å²) in [5.41, 5.74) is 11.4. The van der Waals surface area contributed by atoms with Crippen LogP contribution in [0.4, 0.5) is 0 Å². The number of carbonyl (C=O) groups is 6. The number of carboxylic acids is 2. The number of hydrogen-bond donors (Lipinski definition) is 8. The number of nitrogens with zero attached hydrogens (tertiary/aromatic N) is 1. The number of aliphatic carboxylic acids is 2. The van der Waals surface area contributed by atoms with Gasteiger partial charge in [0, 0.05) is 13.0 Å². The summed E-state index contributed by atoms with van der Waals surface area (Å²) in [5.74, 6) is -5.75. The molecule has 0 aliphatic carbocycles. The van der Waals surface area contributed by atoms with Crippen molar-refractivity contribution in [3.8, 4) is 0 Å². The molecule has 1 heterocycles. The molecular formula is C25H44N6O9. The van der Waals surface area contributed by atoms with E-state index in [9.17, 15) is 39.0 Å². The normalized spacial score (nSPS) is 18.8. The van der Waals surface area contributed by atoms with Gasteiger partial charge in [-0.3, -0.25) is 24.0 Å². The van der Waals surface area contributed by atoms with Gasteiger partial charge in [0.25, 0.3) is 0 Å². The summed E-state index contributed by atoms with van der Waals surface area (Å²) < 4.78 is 0. The lowest BCUT2D eigenvalue weighted by atomic mass is 10.0. The minimum atomic E-state index is -1.55. The van der Waals surface area contributed by atoms with E-state index in [1.807, 2.05) is 0 Å². The lowest BCUT2D eigenvalue weighted by Gasteiger charge is -2.30. The lowest BCUT2D eigenvalue weighted by Crippen LogP contribution is -2.60. The van der Waals surface area contributed by atoms with Gasteiger partial charge in [0.15, 0.2) is 0 Å². The van der Waals surface area contributed by atoms with Gasteiger partial charge in [-0.05, 0) is 57.9 Å². The van der Waals surface area contributed by atoms with Crippen molar-refractivity contribution in [1.29, 1.82) is 0 Å². The fourth-order valence-electron chi connectivity index (χ4n) is 4.25. The van der Waals surface area contributed by atoms with E-state index < -0.39 is 78.3 Å². The van der Waals surface area contributed by atoms with Gasteiger partial charge in [-0.25, -0.2) is 4.79 Å². The first-order valence-electron chi connectivity index (χ1n) is 13.5. The van der Waals surface area contributed by atoms with Gasteiger partial charge in [-0.15, -0.1) is 0 Å². The molecule has 228 valence electrons. The Morgan fingerprint density at radius 3 is 2.08 bits per heavy atom. The highest BCUT2D eigenvalue weighted by molar-refractivity contribution is 5.96. The molecule has 1 aliphatic rings. The smallest absolute Gasteiger partial charge is 0.326 e. The Morgan fingerprint density at radius 2 is 1.55 bits per heavy atom. The monoisotopic (exact) mass is 572 g/mol. The summed E-state index contributed by atoms with van der Waals surface area (Å²) in [6, 6.07) is -6.04. The zero-order valence-corrected chi connectivity index (χ0v) is 23.3. The highest BCUT2D eigenvalue weighted by Gasteiger charge is 2.39. The molecule has 10 N–H and O–H groups in total. The molecule has 0 radical (unpaired) electrons. The molecule has 6 atom stereocenters. The summed E-state index contributed by atoms with van der Waals surface area (Å²) >= 11 is 0. The van der Waals surface area contributed by atoms with Crippen molar-refractivity contribution in [3.05, 3.63) is 0 Å². The van der Waals surface area contributed by atoms with Crippen LogP contribution in [0.3, 0.4) is 0 Å². The molecule has 40 heavy (non-hydrogen) atoms. The lowest BCUT2D eigenvalue weighted by molar-refractivity contribution is -0.143. The van der Waals surface area contributed by atoms with Crippen molar-refractivity contribution in [1.82, 2.24) is 20.9 Å². The average molecular weight is 573 g/mol.